The number of carbonyl (C=O) groups excluding carboxylic acids is 1. The fourth-order valence-corrected chi connectivity index (χ4v) is 4.42. The SMILES string of the molecule is CC(C)COC(=O)c1c(Br)sc2c1CC(C)(C)CC2. The van der Waals surface area contributed by atoms with Gasteiger partial charge in [-0.3, -0.25) is 0 Å². The largest absolute Gasteiger partial charge is 0.462 e. The third-order valence-electron chi connectivity index (χ3n) is 3.48. The van der Waals surface area contributed by atoms with Crippen LogP contribution in [0.25, 0.3) is 0 Å². The van der Waals surface area contributed by atoms with Gasteiger partial charge in [-0.15, -0.1) is 11.3 Å². The highest BCUT2D eigenvalue weighted by molar-refractivity contribution is 9.11. The van der Waals surface area contributed by atoms with Gasteiger partial charge in [0.2, 0.25) is 0 Å². The van der Waals surface area contributed by atoms with Gasteiger partial charge in [0.15, 0.2) is 0 Å². The molecule has 1 heterocycles. The van der Waals surface area contributed by atoms with Gasteiger partial charge in [0.25, 0.3) is 0 Å². The van der Waals surface area contributed by atoms with Gasteiger partial charge in [0.05, 0.1) is 16.0 Å². The molecule has 0 amide bonds. The minimum Gasteiger partial charge on any atom is -0.462 e. The van der Waals surface area contributed by atoms with Gasteiger partial charge in [0, 0.05) is 4.88 Å². The van der Waals surface area contributed by atoms with E-state index < -0.39 is 0 Å². The normalized spacial score (nSPS) is 17.4. The summed E-state index contributed by atoms with van der Waals surface area (Å²) in [4.78, 5) is 13.6. The highest BCUT2D eigenvalue weighted by Gasteiger charge is 2.32. The molecule has 0 unspecified atom stereocenters. The Kier molecular flexibility index (Phi) is 4.41. The summed E-state index contributed by atoms with van der Waals surface area (Å²) < 4.78 is 6.33. The van der Waals surface area contributed by atoms with Crippen LogP contribution in [0.15, 0.2) is 3.79 Å². The van der Waals surface area contributed by atoms with E-state index in [1.54, 1.807) is 11.3 Å². The first-order valence-electron chi connectivity index (χ1n) is 6.77. The van der Waals surface area contributed by atoms with E-state index in [4.69, 9.17) is 4.74 Å². The van der Waals surface area contributed by atoms with E-state index in [0.717, 1.165) is 22.2 Å². The minimum atomic E-state index is -0.171. The molecule has 0 aliphatic heterocycles. The van der Waals surface area contributed by atoms with Gasteiger partial charge in [-0.1, -0.05) is 27.7 Å². The quantitative estimate of drug-likeness (QED) is 0.733. The van der Waals surface area contributed by atoms with Crippen molar-refractivity contribution >= 4 is 33.2 Å². The number of aryl methyl sites for hydroxylation is 1. The number of ether oxygens (including phenoxy) is 1. The summed E-state index contributed by atoms with van der Waals surface area (Å²) >= 11 is 5.24. The van der Waals surface area contributed by atoms with Crippen LogP contribution in [0.3, 0.4) is 0 Å². The molecule has 0 spiro atoms. The minimum absolute atomic E-state index is 0.171. The molecule has 0 N–H and O–H groups in total. The Balaban J connectivity index is 2.26. The molecule has 4 heteroatoms. The first-order chi connectivity index (χ1) is 8.80. The lowest BCUT2D eigenvalue weighted by molar-refractivity contribution is 0.0456. The van der Waals surface area contributed by atoms with Crippen molar-refractivity contribution in [1.29, 1.82) is 0 Å². The zero-order chi connectivity index (χ0) is 14.2. The highest BCUT2D eigenvalue weighted by Crippen LogP contribution is 2.43. The van der Waals surface area contributed by atoms with Crippen molar-refractivity contribution in [1.82, 2.24) is 0 Å². The monoisotopic (exact) mass is 344 g/mol. The van der Waals surface area contributed by atoms with E-state index in [1.807, 2.05) is 0 Å². The lowest BCUT2D eigenvalue weighted by atomic mass is 9.76. The van der Waals surface area contributed by atoms with E-state index in [9.17, 15) is 4.79 Å². The lowest BCUT2D eigenvalue weighted by Crippen LogP contribution is -2.23. The molecular formula is C15H21BrO2S. The second-order valence-corrected chi connectivity index (χ2v) is 8.91. The van der Waals surface area contributed by atoms with Crippen LogP contribution in [0.2, 0.25) is 0 Å². The van der Waals surface area contributed by atoms with Crippen molar-refractivity contribution in [2.24, 2.45) is 11.3 Å². The molecule has 19 heavy (non-hydrogen) atoms. The molecule has 0 saturated heterocycles. The number of thiophene rings is 1. The number of fused-ring (bicyclic) bond motifs is 1. The molecule has 1 aromatic heterocycles. The van der Waals surface area contributed by atoms with Crippen LogP contribution in [0.4, 0.5) is 0 Å². The predicted molar refractivity (Wildman–Crippen MR) is 82.9 cm³/mol. The van der Waals surface area contributed by atoms with Gasteiger partial charge in [-0.05, 0) is 52.1 Å². The van der Waals surface area contributed by atoms with E-state index in [-0.39, 0.29) is 11.4 Å². The van der Waals surface area contributed by atoms with Crippen LogP contribution in [0.5, 0.6) is 0 Å². The summed E-state index contributed by atoms with van der Waals surface area (Å²) in [5, 5.41) is 0. The number of carbonyl (C=O) groups is 1. The summed E-state index contributed by atoms with van der Waals surface area (Å²) in [5.74, 6) is 0.199. The Bertz CT molecular complexity index is 489. The Labute approximate surface area is 127 Å². The van der Waals surface area contributed by atoms with Crippen LogP contribution in [0, 0.1) is 11.3 Å². The predicted octanol–water partition coefficient (Wildman–Crippen LogP) is 4.84. The number of rotatable bonds is 3. The van der Waals surface area contributed by atoms with E-state index in [1.165, 1.54) is 16.9 Å². The maximum absolute atomic E-state index is 12.3. The van der Waals surface area contributed by atoms with Crippen LogP contribution >= 0.6 is 27.3 Å². The first kappa shape index (κ1) is 15.0. The van der Waals surface area contributed by atoms with Gasteiger partial charge in [-0.25, -0.2) is 4.79 Å². The molecule has 0 fully saturated rings. The van der Waals surface area contributed by atoms with Gasteiger partial charge >= 0.3 is 5.97 Å². The van der Waals surface area contributed by atoms with Gasteiger partial charge in [-0.2, -0.15) is 0 Å². The summed E-state index contributed by atoms with van der Waals surface area (Å²) in [6.07, 6.45) is 3.23. The van der Waals surface area contributed by atoms with E-state index >= 15 is 0 Å². The zero-order valence-corrected chi connectivity index (χ0v) is 14.4. The maximum Gasteiger partial charge on any atom is 0.340 e. The Morgan fingerprint density at radius 1 is 1.47 bits per heavy atom. The molecule has 106 valence electrons. The molecular weight excluding hydrogens is 324 g/mol. The molecule has 2 rings (SSSR count). The summed E-state index contributed by atoms with van der Waals surface area (Å²) in [7, 11) is 0. The summed E-state index contributed by atoms with van der Waals surface area (Å²) in [6, 6.07) is 0. The third-order valence-corrected chi connectivity index (χ3v) is 5.45. The average molecular weight is 345 g/mol. The van der Waals surface area contributed by atoms with Gasteiger partial charge in [0.1, 0.15) is 0 Å². The molecule has 0 aromatic carbocycles. The average Bonchev–Trinajstić information content (AvgIpc) is 2.60. The Hall–Kier alpha value is -0.350. The number of hydrogen-bond acceptors (Lipinski definition) is 3. The zero-order valence-electron chi connectivity index (χ0n) is 12.0. The van der Waals surface area contributed by atoms with Gasteiger partial charge < -0.3 is 4.74 Å². The van der Waals surface area contributed by atoms with E-state index in [0.29, 0.717) is 12.5 Å². The highest BCUT2D eigenvalue weighted by atomic mass is 79.9. The first-order valence-corrected chi connectivity index (χ1v) is 8.38. The van der Waals surface area contributed by atoms with Crippen molar-refractivity contribution in [3.63, 3.8) is 0 Å². The number of hydrogen-bond donors (Lipinski definition) is 0. The van der Waals surface area contributed by atoms with Crippen molar-refractivity contribution in [3.8, 4) is 0 Å². The number of esters is 1. The van der Waals surface area contributed by atoms with Crippen molar-refractivity contribution in [3.05, 3.63) is 19.8 Å². The molecule has 2 nitrogen and oxygen atoms in total. The molecule has 0 bridgehead atoms. The lowest BCUT2D eigenvalue weighted by Gasteiger charge is -2.29. The van der Waals surface area contributed by atoms with Crippen molar-refractivity contribution in [2.75, 3.05) is 6.61 Å². The Morgan fingerprint density at radius 2 is 2.16 bits per heavy atom. The molecule has 0 saturated carbocycles. The molecule has 1 aromatic rings. The van der Waals surface area contributed by atoms with Crippen LogP contribution in [-0.2, 0) is 17.6 Å². The Morgan fingerprint density at radius 3 is 2.79 bits per heavy atom. The molecule has 1 aliphatic carbocycles. The fourth-order valence-electron chi connectivity index (χ4n) is 2.40. The van der Waals surface area contributed by atoms with Crippen molar-refractivity contribution < 1.29 is 9.53 Å². The fraction of sp³-hybridized carbons (Fsp3) is 0.667. The summed E-state index contributed by atoms with van der Waals surface area (Å²) in [5.41, 5.74) is 2.26. The van der Waals surface area contributed by atoms with Crippen LogP contribution in [-0.4, -0.2) is 12.6 Å². The molecule has 0 radical (unpaired) electrons. The van der Waals surface area contributed by atoms with Crippen LogP contribution < -0.4 is 0 Å². The maximum atomic E-state index is 12.3. The molecule has 1 aliphatic rings. The second-order valence-electron chi connectivity index (χ2n) is 6.49. The summed E-state index contributed by atoms with van der Waals surface area (Å²) in [6.45, 7) is 9.12. The second kappa shape index (κ2) is 5.57. The standard InChI is InChI=1S/C15H21BrO2S/c1-9(2)8-18-14(17)12-10-7-15(3,4)6-5-11(10)19-13(12)16/h9H,5-8H2,1-4H3. The smallest absolute Gasteiger partial charge is 0.340 e. The molecule has 0 atom stereocenters. The van der Waals surface area contributed by atoms with Crippen molar-refractivity contribution in [2.45, 2.75) is 47.0 Å². The number of halogens is 1. The topological polar surface area (TPSA) is 26.3 Å². The van der Waals surface area contributed by atoms with E-state index in [2.05, 4.69) is 43.6 Å². The third kappa shape index (κ3) is 3.40. The van der Waals surface area contributed by atoms with Crippen LogP contribution in [0.1, 0.15) is 54.9 Å².